The first-order chi connectivity index (χ1) is 9.56. The van der Waals surface area contributed by atoms with Crippen molar-refractivity contribution < 1.29 is 10.2 Å². The number of rotatable bonds is 6. The van der Waals surface area contributed by atoms with E-state index >= 15 is 0 Å². The molecule has 0 bridgehead atoms. The van der Waals surface area contributed by atoms with Crippen molar-refractivity contribution in [2.75, 3.05) is 7.05 Å². The highest BCUT2D eigenvalue weighted by Gasteiger charge is 2.28. The van der Waals surface area contributed by atoms with Gasteiger partial charge in [-0.25, -0.2) is 0 Å². The van der Waals surface area contributed by atoms with Crippen LogP contribution in [0.3, 0.4) is 0 Å². The van der Waals surface area contributed by atoms with Gasteiger partial charge in [0.15, 0.2) is 0 Å². The summed E-state index contributed by atoms with van der Waals surface area (Å²) in [5.41, 5.74) is 0. The second-order valence-corrected chi connectivity index (χ2v) is 5.57. The molecule has 1 aliphatic rings. The zero-order chi connectivity index (χ0) is 15.0. The normalized spacial score (nSPS) is 30.8. The summed E-state index contributed by atoms with van der Waals surface area (Å²) >= 11 is 0. The molecule has 0 radical (unpaired) electrons. The molecule has 0 aromatic heterocycles. The molecule has 1 heterocycles. The number of nitrogens with zero attached hydrogens (tertiary/aromatic N) is 1. The fourth-order valence-electron chi connectivity index (χ4n) is 2.46. The van der Waals surface area contributed by atoms with E-state index in [0.717, 1.165) is 19.3 Å². The van der Waals surface area contributed by atoms with Crippen LogP contribution in [0.15, 0.2) is 36.5 Å². The number of hydrogen-bond acceptors (Lipinski definition) is 3. The number of piperidine rings is 1. The first-order valence-corrected chi connectivity index (χ1v) is 7.64. The van der Waals surface area contributed by atoms with Crippen LogP contribution in [0.25, 0.3) is 0 Å². The maximum Gasteiger partial charge on any atom is 0.0758 e. The zero-order valence-corrected chi connectivity index (χ0v) is 12.9. The lowest BCUT2D eigenvalue weighted by atomic mass is 9.94. The fraction of sp³-hybridized carbons (Fsp3) is 0.647. The van der Waals surface area contributed by atoms with Crippen molar-refractivity contribution in [2.24, 2.45) is 0 Å². The molecule has 1 rings (SSSR count). The van der Waals surface area contributed by atoms with Gasteiger partial charge in [0.2, 0.25) is 0 Å². The molecule has 20 heavy (non-hydrogen) atoms. The minimum Gasteiger partial charge on any atom is -0.392 e. The standard InChI is InChI=1S/C17H29NO2/c1-4-5-6-10-16(19)11-8-7-9-15-12-13-17(20)14(2)18(15)3/h5-9,11,14-17,19-20H,4,10,12-13H2,1-3H3/b6-5+,9-7+,11-8+/t14-,15+,16?,17-/m0/s1. The predicted molar refractivity (Wildman–Crippen MR) is 84.6 cm³/mol. The van der Waals surface area contributed by atoms with Gasteiger partial charge in [0.25, 0.3) is 0 Å². The summed E-state index contributed by atoms with van der Waals surface area (Å²) in [6.45, 7) is 4.14. The van der Waals surface area contributed by atoms with Crippen molar-refractivity contribution >= 4 is 0 Å². The molecule has 4 atom stereocenters. The van der Waals surface area contributed by atoms with Crippen LogP contribution in [0.4, 0.5) is 0 Å². The van der Waals surface area contributed by atoms with E-state index in [1.54, 1.807) is 0 Å². The van der Waals surface area contributed by atoms with Crippen molar-refractivity contribution in [1.82, 2.24) is 4.90 Å². The van der Waals surface area contributed by atoms with Crippen LogP contribution in [0.1, 0.15) is 39.5 Å². The monoisotopic (exact) mass is 279 g/mol. The van der Waals surface area contributed by atoms with Crippen LogP contribution >= 0.6 is 0 Å². The summed E-state index contributed by atoms with van der Waals surface area (Å²) in [6, 6.07) is 0.572. The minimum atomic E-state index is -0.410. The largest absolute Gasteiger partial charge is 0.392 e. The lowest BCUT2D eigenvalue weighted by Crippen LogP contribution is -2.48. The van der Waals surface area contributed by atoms with Gasteiger partial charge in [-0.2, -0.15) is 0 Å². The number of aliphatic hydroxyl groups is 2. The molecule has 0 aliphatic carbocycles. The minimum absolute atomic E-state index is 0.201. The van der Waals surface area contributed by atoms with Gasteiger partial charge in [-0.15, -0.1) is 0 Å². The average molecular weight is 279 g/mol. The Balaban J connectivity index is 2.38. The van der Waals surface area contributed by atoms with E-state index in [0.29, 0.717) is 12.5 Å². The van der Waals surface area contributed by atoms with E-state index in [2.05, 4.69) is 37.9 Å². The molecule has 114 valence electrons. The first kappa shape index (κ1) is 17.2. The third-order valence-corrected chi connectivity index (χ3v) is 4.04. The molecule has 0 aromatic rings. The van der Waals surface area contributed by atoms with Gasteiger partial charge in [0, 0.05) is 12.1 Å². The number of allylic oxidation sites excluding steroid dienone is 3. The molecule has 1 aliphatic heterocycles. The van der Waals surface area contributed by atoms with E-state index in [4.69, 9.17) is 0 Å². The lowest BCUT2D eigenvalue weighted by molar-refractivity contribution is 0.0153. The molecule has 1 saturated heterocycles. The molecule has 3 nitrogen and oxygen atoms in total. The fourth-order valence-corrected chi connectivity index (χ4v) is 2.46. The second-order valence-electron chi connectivity index (χ2n) is 5.57. The third kappa shape index (κ3) is 5.61. The Morgan fingerprint density at radius 1 is 1.25 bits per heavy atom. The molecular weight excluding hydrogens is 250 g/mol. The van der Waals surface area contributed by atoms with Crippen molar-refractivity contribution in [1.29, 1.82) is 0 Å². The molecule has 1 unspecified atom stereocenters. The Labute approximate surface area is 123 Å². The molecule has 2 N–H and O–H groups in total. The summed E-state index contributed by atoms with van der Waals surface area (Å²) in [5.74, 6) is 0. The highest BCUT2D eigenvalue weighted by molar-refractivity contribution is 5.10. The van der Waals surface area contributed by atoms with Crippen LogP contribution in [0.5, 0.6) is 0 Å². The van der Waals surface area contributed by atoms with Gasteiger partial charge >= 0.3 is 0 Å². The molecular formula is C17H29NO2. The molecule has 0 saturated carbocycles. The summed E-state index contributed by atoms with van der Waals surface area (Å²) in [7, 11) is 2.05. The number of likely N-dealkylation sites (tertiary alicyclic amines) is 1. The van der Waals surface area contributed by atoms with E-state index in [-0.39, 0.29) is 12.1 Å². The number of hydrogen-bond donors (Lipinski definition) is 2. The molecule has 0 amide bonds. The SMILES string of the molecule is CC/C=C/CC(O)/C=C/C=C/[C@@H]1CC[C@H](O)[C@H](C)N1C. The van der Waals surface area contributed by atoms with Crippen molar-refractivity contribution in [3.05, 3.63) is 36.5 Å². The van der Waals surface area contributed by atoms with Crippen LogP contribution in [-0.4, -0.2) is 46.5 Å². The number of likely N-dealkylation sites (N-methyl/N-ethyl adjacent to an activating group) is 1. The van der Waals surface area contributed by atoms with Crippen molar-refractivity contribution in [3.8, 4) is 0 Å². The van der Waals surface area contributed by atoms with Gasteiger partial charge in [-0.3, -0.25) is 4.90 Å². The summed E-state index contributed by atoms with van der Waals surface area (Å²) in [4.78, 5) is 2.21. The maximum absolute atomic E-state index is 9.79. The molecule has 1 fully saturated rings. The van der Waals surface area contributed by atoms with Gasteiger partial charge < -0.3 is 10.2 Å². The highest BCUT2D eigenvalue weighted by atomic mass is 16.3. The van der Waals surface area contributed by atoms with Crippen molar-refractivity contribution in [3.63, 3.8) is 0 Å². The smallest absolute Gasteiger partial charge is 0.0758 e. The van der Waals surface area contributed by atoms with Crippen LogP contribution < -0.4 is 0 Å². The summed E-state index contributed by atoms with van der Waals surface area (Å²) in [5, 5.41) is 19.5. The van der Waals surface area contributed by atoms with Crippen LogP contribution in [0.2, 0.25) is 0 Å². The van der Waals surface area contributed by atoms with Gasteiger partial charge in [-0.05, 0) is 39.7 Å². The zero-order valence-electron chi connectivity index (χ0n) is 12.9. The van der Waals surface area contributed by atoms with E-state index in [1.165, 1.54) is 0 Å². The topological polar surface area (TPSA) is 43.7 Å². The molecule has 0 spiro atoms. The average Bonchev–Trinajstić information content (AvgIpc) is 2.43. The van der Waals surface area contributed by atoms with E-state index < -0.39 is 6.10 Å². The highest BCUT2D eigenvalue weighted by Crippen LogP contribution is 2.22. The summed E-state index contributed by atoms with van der Waals surface area (Å²) in [6.07, 6.45) is 14.8. The van der Waals surface area contributed by atoms with Crippen LogP contribution in [-0.2, 0) is 0 Å². The lowest BCUT2D eigenvalue weighted by Gasteiger charge is -2.39. The predicted octanol–water partition coefficient (Wildman–Crippen LogP) is 2.66. The van der Waals surface area contributed by atoms with Gasteiger partial charge in [-0.1, -0.05) is 43.4 Å². The van der Waals surface area contributed by atoms with Gasteiger partial charge in [0.1, 0.15) is 0 Å². The van der Waals surface area contributed by atoms with Crippen LogP contribution in [0, 0.1) is 0 Å². The Bertz CT molecular complexity index is 349. The summed E-state index contributed by atoms with van der Waals surface area (Å²) < 4.78 is 0. The van der Waals surface area contributed by atoms with Gasteiger partial charge in [0.05, 0.1) is 12.2 Å². The van der Waals surface area contributed by atoms with E-state index in [9.17, 15) is 10.2 Å². The Morgan fingerprint density at radius 2 is 2.00 bits per heavy atom. The number of aliphatic hydroxyl groups excluding tert-OH is 2. The quantitative estimate of drug-likeness (QED) is 0.580. The Hall–Kier alpha value is -0.900. The van der Waals surface area contributed by atoms with Crippen molar-refractivity contribution in [2.45, 2.75) is 63.8 Å². The Morgan fingerprint density at radius 3 is 2.70 bits per heavy atom. The third-order valence-electron chi connectivity index (χ3n) is 4.04. The molecule has 3 heteroatoms. The van der Waals surface area contributed by atoms with E-state index in [1.807, 2.05) is 24.3 Å². The Kier molecular flexibility index (Phi) is 7.82. The maximum atomic E-state index is 9.79. The second kappa shape index (κ2) is 9.11. The first-order valence-electron chi connectivity index (χ1n) is 7.64. The molecule has 0 aromatic carbocycles.